The SMILES string of the molecule is NC(N)=Nc1ccc(-c2cn(-c3ccc(COP(=O)(O)O)cc3)nn2)cc1. The number of phosphoric ester groups is 1. The second kappa shape index (κ2) is 7.68. The molecular weight excluding hydrogens is 371 g/mol. The molecule has 0 saturated heterocycles. The van der Waals surface area contributed by atoms with E-state index in [1.54, 1.807) is 47.3 Å². The molecule has 0 radical (unpaired) electrons. The topological polar surface area (TPSA) is 162 Å². The number of hydrogen-bond donors (Lipinski definition) is 4. The summed E-state index contributed by atoms with van der Waals surface area (Å²) in [5.41, 5.74) is 14.2. The van der Waals surface area contributed by atoms with Crippen LogP contribution in [0.2, 0.25) is 0 Å². The minimum Gasteiger partial charge on any atom is -0.370 e. The summed E-state index contributed by atoms with van der Waals surface area (Å²) in [5, 5.41) is 8.24. The highest BCUT2D eigenvalue weighted by Gasteiger charge is 2.13. The fourth-order valence-electron chi connectivity index (χ4n) is 2.28. The zero-order valence-corrected chi connectivity index (χ0v) is 14.9. The van der Waals surface area contributed by atoms with E-state index in [1.165, 1.54) is 0 Å². The number of phosphoric acid groups is 1. The summed E-state index contributed by atoms with van der Waals surface area (Å²) < 4.78 is 16.8. The Bertz CT molecular complexity index is 991. The molecule has 140 valence electrons. The Morgan fingerprint density at radius 2 is 1.78 bits per heavy atom. The van der Waals surface area contributed by atoms with Gasteiger partial charge in [-0.15, -0.1) is 5.10 Å². The van der Waals surface area contributed by atoms with Crippen LogP contribution in [0.3, 0.4) is 0 Å². The molecule has 0 atom stereocenters. The van der Waals surface area contributed by atoms with Crippen LogP contribution < -0.4 is 11.5 Å². The number of benzene rings is 2. The summed E-state index contributed by atoms with van der Waals surface area (Å²) in [6, 6.07) is 14.1. The number of nitrogens with two attached hydrogens (primary N) is 2. The second-order valence-corrected chi connectivity index (χ2v) is 6.80. The van der Waals surface area contributed by atoms with E-state index < -0.39 is 7.82 Å². The predicted octanol–water partition coefficient (Wildman–Crippen LogP) is 1.45. The van der Waals surface area contributed by atoms with Crippen LogP contribution >= 0.6 is 7.82 Å². The number of rotatable bonds is 6. The lowest BCUT2D eigenvalue weighted by Crippen LogP contribution is -2.21. The van der Waals surface area contributed by atoms with Gasteiger partial charge in [-0.05, 0) is 29.8 Å². The molecule has 3 aromatic rings. The van der Waals surface area contributed by atoms with Crippen LogP contribution in [0.15, 0.2) is 59.7 Å². The third-order valence-electron chi connectivity index (χ3n) is 3.51. The molecule has 0 saturated carbocycles. The average molecular weight is 388 g/mol. The molecule has 1 heterocycles. The number of guanidine groups is 1. The summed E-state index contributed by atoms with van der Waals surface area (Å²) in [6.07, 6.45) is 1.76. The zero-order chi connectivity index (χ0) is 19.4. The highest BCUT2D eigenvalue weighted by atomic mass is 31.2. The van der Waals surface area contributed by atoms with Crippen molar-refractivity contribution < 1.29 is 18.9 Å². The summed E-state index contributed by atoms with van der Waals surface area (Å²) >= 11 is 0. The molecule has 0 aliphatic rings. The smallest absolute Gasteiger partial charge is 0.370 e. The molecule has 0 aliphatic heterocycles. The van der Waals surface area contributed by atoms with E-state index in [0.29, 0.717) is 16.9 Å². The van der Waals surface area contributed by atoms with Crippen molar-refractivity contribution in [1.82, 2.24) is 15.0 Å². The Balaban J connectivity index is 1.73. The minimum atomic E-state index is -4.49. The van der Waals surface area contributed by atoms with E-state index in [4.69, 9.17) is 21.3 Å². The Morgan fingerprint density at radius 1 is 1.11 bits per heavy atom. The second-order valence-electron chi connectivity index (χ2n) is 5.56. The van der Waals surface area contributed by atoms with Crippen molar-refractivity contribution >= 4 is 19.5 Å². The van der Waals surface area contributed by atoms with Crippen molar-refractivity contribution in [2.75, 3.05) is 0 Å². The van der Waals surface area contributed by atoms with E-state index in [0.717, 1.165) is 11.3 Å². The molecular formula is C16H17N6O4P. The molecule has 0 amide bonds. The van der Waals surface area contributed by atoms with Gasteiger partial charge in [-0.2, -0.15) is 0 Å². The third-order valence-corrected chi connectivity index (χ3v) is 3.98. The van der Waals surface area contributed by atoms with Crippen molar-refractivity contribution in [3.05, 3.63) is 60.3 Å². The van der Waals surface area contributed by atoms with Gasteiger partial charge in [0.1, 0.15) is 5.69 Å². The Hall–Kier alpha value is -3.04. The lowest BCUT2D eigenvalue weighted by molar-refractivity contribution is 0.189. The van der Waals surface area contributed by atoms with E-state index in [2.05, 4.69) is 19.8 Å². The van der Waals surface area contributed by atoms with Gasteiger partial charge in [-0.25, -0.2) is 14.2 Å². The predicted molar refractivity (Wildman–Crippen MR) is 99.1 cm³/mol. The number of aliphatic imine (C=N–C) groups is 1. The van der Waals surface area contributed by atoms with E-state index in [9.17, 15) is 4.57 Å². The standard InChI is InChI=1S/C16H17N6O4P/c17-16(18)19-13-5-3-12(4-6-13)15-9-22(21-20-15)14-7-1-11(2-8-14)10-26-27(23,24)25/h1-9H,10H2,(H4,17,18,19)(H2,23,24,25). The molecule has 11 heteroatoms. The average Bonchev–Trinajstić information content (AvgIpc) is 3.10. The first-order valence-corrected chi connectivity index (χ1v) is 9.25. The van der Waals surface area contributed by atoms with E-state index >= 15 is 0 Å². The normalized spacial score (nSPS) is 11.3. The maximum atomic E-state index is 10.7. The fraction of sp³-hybridized carbons (Fsp3) is 0.0625. The lowest BCUT2D eigenvalue weighted by Gasteiger charge is -2.06. The van der Waals surface area contributed by atoms with Gasteiger partial charge in [0, 0.05) is 5.56 Å². The van der Waals surface area contributed by atoms with Gasteiger partial charge in [0.2, 0.25) is 0 Å². The van der Waals surface area contributed by atoms with Crippen molar-refractivity contribution in [3.63, 3.8) is 0 Å². The molecule has 0 unspecified atom stereocenters. The highest BCUT2D eigenvalue weighted by Crippen LogP contribution is 2.36. The van der Waals surface area contributed by atoms with Crippen molar-refractivity contribution in [2.45, 2.75) is 6.61 Å². The molecule has 10 nitrogen and oxygen atoms in total. The van der Waals surface area contributed by atoms with Crippen LogP contribution in [0.5, 0.6) is 0 Å². The monoisotopic (exact) mass is 388 g/mol. The molecule has 0 spiro atoms. The Kier molecular flexibility index (Phi) is 5.33. The summed E-state index contributed by atoms with van der Waals surface area (Å²) in [6.45, 7) is -0.185. The molecule has 27 heavy (non-hydrogen) atoms. The van der Waals surface area contributed by atoms with Gasteiger partial charge >= 0.3 is 7.82 Å². The van der Waals surface area contributed by atoms with Gasteiger partial charge in [0.15, 0.2) is 5.96 Å². The van der Waals surface area contributed by atoms with Crippen molar-refractivity contribution in [2.24, 2.45) is 16.5 Å². The van der Waals surface area contributed by atoms with Crippen LogP contribution in [0, 0.1) is 0 Å². The van der Waals surface area contributed by atoms with Crippen LogP contribution in [0.4, 0.5) is 5.69 Å². The highest BCUT2D eigenvalue weighted by molar-refractivity contribution is 7.46. The van der Waals surface area contributed by atoms with Crippen LogP contribution in [0.1, 0.15) is 5.56 Å². The lowest BCUT2D eigenvalue weighted by atomic mass is 10.1. The molecule has 6 N–H and O–H groups in total. The maximum Gasteiger partial charge on any atom is 0.469 e. The summed E-state index contributed by atoms with van der Waals surface area (Å²) in [4.78, 5) is 21.4. The molecule has 1 aromatic heterocycles. The first kappa shape index (κ1) is 18.7. The van der Waals surface area contributed by atoms with Gasteiger partial charge in [-0.3, -0.25) is 4.52 Å². The van der Waals surface area contributed by atoms with Gasteiger partial charge in [0.25, 0.3) is 0 Å². The van der Waals surface area contributed by atoms with E-state index in [-0.39, 0.29) is 12.6 Å². The summed E-state index contributed by atoms with van der Waals surface area (Å²) in [7, 11) is -4.49. The Labute approximate surface area is 154 Å². The van der Waals surface area contributed by atoms with Gasteiger partial charge in [-0.1, -0.05) is 29.5 Å². The van der Waals surface area contributed by atoms with Crippen LogP contribution in [0.25, 0.3) is 16.9 Å². The maximum absolute atomic E-state index is 10.7. The zero-order valence-electron chi connectivity index (χ0n) is 14.0. The van der Waals surface area contributed by atoms with Gasteiger partial charge < -0.3 is 21.3 Å². The molecule has 3 rings (SSSR count). The summed E-state index contributed by atoms with van der Waals surface area (Å²) in [5.74, 6) is -0.0108. The number of aromatic nitrogens is 3. The number of hydrogen-bond acceptors (Lipinski definition) is 5. The minimum absolute atomic E-state index is 0.0108. The number of nitrogens with zero attached hydrogens (tertiary/aromatic N) is 4. The van der Waals surface area contributed by atoms with E-state index in [1.807, 2.05) is 12.1 Å². The van der Waals surface area contributed by atoms with Crippen molar-refractivity contribution in [1.29, 1.82) is 0 Å². The van der Waals surface area contributed by atoms with Crippen LogP contribution in [-0.2, 0) is 15.7 Å². The largest absolute Gasteiger partial charge is 0.469 e. The Morgan fingerprint density at radius 3 is 2.37 bits per heavy atom. The van der Waals surface area contributed by atoms with Crippen LogP contribution in [-0.4, -0.2) is 30.7 Å². The first-order chi connectivity index (χ1) is 12.8. The molecule has 0 aliphatic carbocycles. The molecule has 2 aromatic carbocycles. The third kappa shape index (κ3) is 5.22. The van der Waals surface area contributed by atoms with Crippen molar-refractivity contribution in [3.8, 4) is 16.9 Å². The quantitative estimate of drug-likeness (QED) is 0.280. The first-order valence-electron chi connectivity index (χ1n) is 7.72. The molecule has 0 fully saturated rings. The molecule has 0 bridgehead atoms. The van der Waals surface area contributed by atoms with Gasteiger partial charge in [0.05, 0.1) is 24.2 Å². The fourth-order valence-corrected chi connectivity index (χ4v) is 2.60.